The van der Waals surface area contributed by atoms with Crippen LogP contribution in [-0.2, 0) is 0 Å². The molecule has 4 aliphatic rings. The van der Waals surface area contributed by atoms with Crippen LogP contribution in [0.15, 0.2) is 313 Å². The molecule has 438 valence electrons. The van der Waals surface area contributed by atoms with Crippen molar-refractivity contribution in [3.63, 3.8) is 0 Å². The molecule has 5 nitrogen and oxygen atoms in total. The molecule has 0 aliphatic carbocycles. The van der Waals surface area contributed by atoms with Gasteiger partial charge in [0.1, 0.15) is 11.5 Å². The molecule has 13 aromatic carbocycles. The molecule has 17 rings (SSSR count). The highest BCUT2D eigenvalue weighted by Gasteiger charge is 2.47. The van der Waals surface area contributed by atoms with E-state index in [1.54, 1.807) is 0 Å². The molecule has 0 saturated carbocycles. The van der Waals surface area contributed by atoms with Crippen LogP contribution < -0.4 is 57.1 Å². The van der Waals surface area contributed by atoms with Crippen molar-refractivity contribution < 1.29 is 4.74 Å². The summed E-state index contributed by atoms with van der Waals surface area (Å²) in [6.07, 6.45) is 0. The standard InChI is InChI=1S/C84H64B2N4OS/c1-55(2)57-41-45-59(46-42-57)68-35-24-36-69(60-47-43-58(44-48-60)56(3)4)84(68)90-75-54-80-73(53-72(75)86-71-38-21-23-40-78(71)91-79-51-66(49-76(90)82(79)86)87(61-25-10-5-11-26-61)62-27-12-6-13-28-62)85-70-37-20-22-39-74(70)89(65-33-18-9-19-34-65)77-50-67(52-81(92-80)83(77)85)88(63-29-14-7-15-30-63)64-31-16-8-17-32-64/h5-56H,1-4H3. The summed E-state index contributed by atoms with van der Waals surface area (Å²) < 4.78 is 7.44. The molecule has 4 aliphatic heterocycles. The molecule has 0 fully saturated rings. The summed E-state index contributed by atoms with van der Waals surface area (Å²) in [6.45, 7) is 8.81. The third kappa shape index (κ3) is 9.26. The number of hydrogen-bond donors (Lipinski definition) is 0. The number of hydrogen-bond acceptors (Lipinski definition) is 6. The lowest BCUT2D eigenvalue weighted by molar-refractivity contribution is 0.487. The van der Waals surface area contributed by atoms with Crippen LogP contribution in [0.25, 0.3) is 22.3 Å². The topological polar surface area (TPSA) is 22.2 Å². The second-order valence-corrected chi connectivity index (χ2v) is 26.2. The first-order chi connectivity index (χ1) is 45.3. The van der Waals surface area contributed by atoms with E-state index in [2.05, 4.69) is 351 Å². The Morgan fingerprint density at radius 1 is 0.326 bits per heavy atom. The van der Waals surface area contributed by atoms with Gasteiger partial charge >= 0.3 is 0 Å². The van der Waals surface area contributed by atoms with Gasteiger partial charge in [0.05, 0.1) is 11.4 Å². The summed E-state index contributed by atoms with van der Waals surface area (Å²) in [4.78, 5) is 12.4. The number of para-hydroxylation sites is 8. The van der Waals surface area contributed by atoms with Gasteiger partial charge in [-0.3, -0.25) is 0 Å². The third-order valence-electron chi connectivity index (χ3n) is 19.1. The van der Waals surface area contributed by atoms with Gasteiger partial charge in [-0.25, -0.2) is 0 Å². The minimum atomic E-state index is -0.193. The maximum Gasteiger partial charge on any atom is 0.256 e. The van der Waals surface area contributed by atoms with Crippen LogP contribution >= 0.6 is 11.8 Å². The summed E-state index contributed by atoms with van der Waals surface area (Å²) in [6, 6.07) is 113. The maximum absolute atomic E-state index is 7.44. The normalized spacial score (nSPS) is 12.9. The van der Waals surface area contributed by atoms with Gasteiger partial charge in [0.15, 0.2) is 0 Å². The number of fused-ring (bicyclic) bond motifs is 8. The lowest BCUT2D eigenvalue weighted by atomic mass is 9.31. The minimum absolute atomic E-state index is 0.104. The molecule has 0 unspecified atom stereocenters. The van der Waals surface area contributed by atoms with Crippen LogP contribution in [0.5, 0.6) is 11.5 Å². The Morgan fingerprint density at radius 2 is 0.793 bits per heavy atom. The molecule has 0 saturated heterocycles. The molecule has 0 atom stereocenters. The lowest BCUT2D eigenvalue weighted by Crippen LogP contribution is -2.63. The fraction of sp³-hybridized carbons (Fsp3) is 0.0714. The van der Waals surface area contributed by atoms with Gasteiger partial charge in [0, 0.05) is 83.9 Å². The molecule has 4 heterocycles. The van der Waals surface area contributed by atoms with Crippen LogP contribution in [-0.4, -0.2) is 13.4 Å². The fourth-order valence-electron chi connectivity index (χ4n) is 14.8. The monoisotopic (exact) mass is 1200 g/mol. The smallest absolute Gasteiger partial charge is 0.256 e. The van der Waals surface area contributed by atoms with E-state index in [9.17, 15) is 0 Å². The third-order valence-corrected chi connectivity index (χ3v) is 20.2. The van der Waals surface area contributed by atoms with Gasteiger partial charge in [-0.15, -0.1) is 0 Å². The van der Waals surface area contributed by atoms with E-state index < -0.39 is 0 Å². The van der Waals surface area contributed by atoms with Crippen molar-refractivity contribution in [2.45, 2.75) is 49.3 Å². The van der Waals surface area contributed by atoms with Crippen molar-refractivity contribution in [1.29, 1.82) is 0 Å². The molecule has 0 aromatic heterocycles. The number of benzene rings is 13. The van der Waals surface area contributed by atoms with Crippen molar-refractivity contribution >= 4 is 126 Å². The van der Waals surface area contributed by atoms with Crippen molar-refractivity contribution in [3.05, 3.63) is 314 Å². The first kappa shape index (κ1) is 55.4. The molecule has 13 aromatic rings. The van der Waals surface area contributed by atoms with Gasteiger partial charge in [0.2, 0.25) is 6.71 Å². The van der Waals surface area contributed by atoms with Crippen LogP contribution in [0.1, 0.15) is 50.7 Å². The first-order valence-electron chi connectivity index (χ1n) is 32.2. The van der Waals surface area contributed by atoms with Crippen molar-refractivity contribution in [2.24, 2.45) is 0 Å². The Labute approximate surface area is 544 Å². The van der Waals surface area contributed by atoms with Gasteiger partial charge in [0.25, 0.3) is 6.71 Å². The average Bonchev–Trinajstić information content (AvgIpc) is 0.696. The predicted octanol–water partition coefficient (Wildman–Crippen LogP) is 19.4. The number of nitrogens with zero attached hydrogens (tertiary/aromatic N) is 4. The summed E-state index contributed by atoms with van der Waals surface area (Å²) in [5.41, 5.74) is 27.8. The highest BCUT2D eigenvalue weighted by atomic mass is 32.2. The van der Waals surface area contributed by atoms with E-state index >= 15 is 0 Å². The Morgan fingerprint density at radius 3 is 1.34 bits per heavy atom. The minimum Gasteiger partial charge on any atom is -0.458 e. The molecule has 0 spiro atoms. The molecule has 0 N–H and O–H groups in total. The molecule has 8 heteroatoms. The Balaban J connectivity index is 0.981. The molecule has 0 radical (unpaired) electrons. The van der Waals surface area contributed by atoms with E-state index in [1.807, 2.05) is 11.8 Å². The van der Waals surface area contributed by atoms with Crippen LogP contribution in [0, 0.1) is 0 Å². The van der Waals surface area contributed by atoms with Gasteiger partial charge in [-0.05, 0) is 158 Å². The van der Waals surface area contributed by atoms with E-state index in [1.165, 1.54) is 54.1 Å². The number of rotatable bonds is 12. The summed E-state index contributed by atoms with van der Waals surface area (Å²) in [5.74, 6) is 2.47. The highest BCUT2D eigenvalue weighted by Crippen LogP contribution is 2.53. The molecular formula is C84H64B2N4OS. The molecule has 0 bridgehead atoms. The van der Waals surface area contributed by atoms with Crippen molar-refractivity contribution in [2.75, 3.05) is 19.6 Å². The zero-order valence-corrected chi connectivity index (χ0v) is 52.6. The largest absolute Gasteiger partial charge is 0.458 e. The van der Waals surface area contributed by atoms with Crippen LogP contribution in [0.4, 0.5) is 68.2 Å². The van der Waals surface area contributed by atoms with Crippen LogP contribution in [0.3, 0.4) is 0 Å². The number of ether oxygens (including phenoxy) is 1. The van der Waals surface area contributed by atoms with Gasteiger partial charge in [-0.2, -0.15) is 0 Å². The van der Waals surface area contributed by atoms with Gasteiger partial charge < -0.3 is 24.3 Å². The molecule has 0 amide bonds. The summed E-state index contributed by atoms with van der Waals surface area (Å²) >= 11 is 1.91. The second-order valence-electron chi connectivity index (χ2n) is 25.1. The zero-order chi connectivity index (χ0) is 61.6. The summed E-state index contributed by atoms with van der Waals surface area (Å²) in [7, 11) is 0. The van der Waals surface area contributed by atoms with E-state index in [0.717, 1.165) is 102 Å². The quantitative estimate of drug-likeness (QED) is 0.113. The zero-order valence-electron chi connectivity index (χ0n) is 51.8. The fourth-order valence-corrected chi connectivity index (χ4v) is 16.0. The Hall–Kier alpha value is -10.7. The second kappa shape index (κ2) is 22.7. The predicted molar refractivity (Wildman–Crippen MR) is 391 cm³/mol. The Bertz CT molecular complexity index is 4810. The first-order valence-corrected chi connectivity index (χ1v) is 33.0. The van der Waals surface area contributed by atoms with E-state index in [0.29, 0.717) is 11.8 Å². The maximum atomic E-state index is 7.44. The SMILES string of the molecule is CC(C)c1ccc(-c2cccc(-c3ccc(C(C)C)cc3)c2N2c3cc4c(cc3B3c5ccccc5Oc5cc(N(c6ccccc6)c6ccccc6)cc2c53)B2c3ccccc3N(c3ccccc3)c3cc(N(c5ccccc5)c5ccccc5)cc(c32)S4)cc1. The van der Waals surface area contributed by atoms with Crippen molar-refractivity contribution in [3.8, 4) is 33.8 Å². The van der Waals surface area contributed by atoms with Crippen LogP contribution in [0.2, 0.25) is 0 Å². The van der Waals surface area contributed by atoms with E-state index in [4.69, 9.17) is 4.74 Å². The number of anilines is 12. The molecule has 92 heavy (non-hydrogen) atoms. The average molecular weight is 1200 g/mol. The van der Waals surface area contributed by atoms with Gasteiger partial charge in [-0.1, -0.05) is 245 Å². The van der Waals surface area contributed by atoms with E-state index in [-0.39, 0.29) is 13.4 Å². The van der Waals surface area contributed by atoms with Crippen molar-refractivity contribution in [1.82, 2.24) is 0 Å². The summed E-state index contributed by atoms with van der Waals surface area (Å²) in [5, 5.41) is 0. The Kier molecular flexibility index (Phi) is 13.7. The highest BCUT2D eigenvalue weighted by molar-refractivity contribution is 8.00. The lowest BCUT2D eigenvalue weighted by Gasteiger charge is -2.44. The molecular weight excluding hydrogens is 1130 g/mol.